The third-order valence-corrected chi connectivity index (χ3v) is 3.70. The van der Waals surface area contributed by atoms with Crippen LogP contribution in [0, 0.1) is 11.6 Å². The fraction of sp³-hybridized carbons (Fsp3) is 0.231. The monoisotopic (exact) mass is 313 g/mol. The van der Waals surface area contributed by atoms with Gasteiger partial charge in [-0.15, -0.1) is 0 Å². The molecule has 0 atom stereocenters. The Hall–Kier alpha value is -2.15. The summed E-state index contributed by atoms with van der Waals surface area (Å²) in [6.07, 6.45) is 0. The van der Waals surface area contributed by atoms with Gasteiger partial charge < -0.3 is 15.2 Å². The maximum absolute atomic E-state index is 14.3. The van der Waals surface area contributed by atoms with E-state index in [0.717, 1.165) is 6.07 Å². The Bertz CT molecular complexity index is 759. The minimum absolute atomic E-state index is 0.143. The van der Waals surface area contributed by atoms with Crippen LogP contribution in [-0.4, -0.2) is 41.3 Å². The third-order valence-electron chi connectivity index (χ3n) is 3.33. The summed E-state index contributed by atoms with van der Waals surface area (Å²) in [5, 5.41) is 2.03. The minimum atomic E-state index is -0.912. The number of halogens is 3. The Balaban J connectivity index is 2.04. The van der Waals surface area contributed by atoms with Crippen molar-refractivity contribution in [2.45, 2.75) is 0 Å². The molecule has 0 unspecified atom stereocenters. The van der Waals surface area contributed by atoms with Gasteiger partial charge in [-0.25, -0.2) is 8.78 Å². The van der Waals surface area contributed by atoms with Crippen LogP contribution in [0.1, 0.15) is 10.5 Å². The molecule has 8 heteroatoms. The second kappa shape index (κ2) is 5.00. The molecule has 5 nitrogen and oxygen atoms in total. The predicted octanol–water partition coefficient (Wildman–Crippen LogP) is 1.67. The fourth-order valence-corrected chi connectivity index (χ4v) is 2.55. The largest absolute Gasteiger partial charge is 0.353 e. The molecule has 2 heterocycles. The van der Waals surface area contributed by atoms with Crippen LogP contribution in [0.5, 0.6) is 0 Å². The molecule has 2 amide bonds. The van der Waals surface area contributed by atoms with Crippen molar-refractivity contribution in [3.8, 4) is 0 Å². The molecule has 0 radical (unpaired) electrons. The SMILES string of the molecule is O=C1CN(C(=O)c2[nH]c3ccc(F)c(Cl)c3c2F)CCN1. The highest BCUT2D eigenvalue weighted by atomic mass is 35.5. The summed E-state index contributed by atoms with van der Waals surface area (Å²) < 4.78 is 27.7. The Labute approximate surface area is 122 Å². The smallest absolute Gasteiger partial charge is 0.273 e. The van der Waals surface area contributed by atoms with Crippen molar-refractivity contribution in [3.63, 3.8) is 0 Å². The summed E-state index contributed by atoms with van der Waals surface area (Å²) >= 11 is 5.73. The van der Waals surface area contributed by atoms with Crippen molar-refractivity contribution in [3.05, 3.63) is 34.5 Å². The zero-order chi connectivity index (χ0) is 15.1. The van der Waals surface area contributed by atoms with Crippen LogP contribution in [0.25, 0.3) is 10.9 Å². The number of piperazine rings is 1. The molecule has 1 aliphatic heterocycles. The molecular formula is C13H10ClF2N3O2. The number of hydrogen-bond donors (Lipinski definition) is 2. The normalized spacial score (nSPS) is 15.4. The lowest BCUT2D eigenvalue weighted by Gasteiger charge is -2.26. The van der Waals surface area contributed by atoms with Crippen molar-refractivity contribution in [2.24, 2.45) is 0 Å². The van der Waals surface area contributed by atoms with Crippen LogP contribution in [0.2, 0.25) is 5.02 Å². The van der Waals surface area contributed by atoms with Gasteiger partial charge in [0.15, 0.2) is 5.82 Å². The molecule has 1 aromatic heterocycles. The molecule has 2 N–H and O–H groups in total. The summed E-state index contributed by atoms with van der Waals surface area (Å²) in [6.45, 7) is 0.443. The van der Waals surface area contributed by atoms with Gasteiger partial charge in [0, 0.05) is 13.1 Å². The average molecular weight is 314 g/mol. The first kappa shape index (κ1) is 13.8. The number of nitrogens with zero attached hydrogens (tertiary/aromatic N) is 1. The van der Waals surface area contributed by atoms with Crippen LogP contribution in [0.4, 0.5) is 8.78 Å². The van der Waals surface area contributed by atoms with Gasteiger partial charge >= 0.3 is 0 Å². The van der Waals surface area contributed by atoms with Gasteiger partial charge in [-0.3, -0.25) is 9.59 Å². The summed E-state index contributed by atoms with van der Waals surface area (Å²) in [5.74, 6) is -2.64. The van der Waals surface area contributed by atoms with Gasteiger partial charge in [0.05, 0.1) is 22.5 Å². The minimum Gasteiger partial charge on any atom is -0.353 e. The molecule has 0 aliphatic carbocycles. The standard InChI is InChI=1S/C13H10ClF2N3O2/c14-10-6(15)1-2-7-9(10)11(16)12(18-7)13(21)19-4-3-17-8(20)5-19/h1-2,18H,3-5H2,(H,17,20). The molecule has 3 rings (SSSR count). The van der Waals surface area contributed by atoms with E-state index >= 15 is 0 Å². The summed E-state index contributed by atoms with van der Waals surface area (Å²) in [5.41, 5.74) is -0.101. The number of amides is 2. The number of carbonyl (C=O) groups is 2. The highest BCUT2D eigenvalue weighted by Gasteiger charge is 2.28. The van der Waals surface area contributed by atoms with E-state index in [2.05, 4.69) is 10.3 Å². The first-order chi connectivity index (χ1) is 9.99. The first-order valence-electron chi connectivity index (χ1n) is 6.20. The number of benzene rings is 1. The van der Waals surface area contributed by atoms with E-state index in [1.165, 1.54) is 11.0 Å². The molecule has 0 saturated carbocycles. The lowest BCUT2D eigenvalue weighted by Crippen LogP contribution is -2.50. The van der Waals surface area contributed by atoms with Gasteiger partial charge in [-0.1, -0.05) is 11.6 Å². The van der Waals surface area contributed by atoms with E-state index in [4.69, 9.17) is 11.6 Å². The van der Waals surface area contributed by atoms with E-state index in [9.17, 15) is 18.4 Å². The number of aromatic nitrogens is 1. The van der Waals surface area contributed by atoms with Gasteiger partial charge in [-0.05, 0) is 12.1 Å². The van der Waals surface area contributed by atoms with Crippen molar-refractivity contribution < 1.29 is 18.4 Å². The molecule has 1 saturated heterocycles. The zero-order valence-corrected chi connectivity index (χ0v) is 11.4. The highest BCUT2D eigenvalue weighted by Crippen LogP contribution is 2.30. The number of aromatic amines is 1. The number of carbonyl (C=O) groups excluding carboxylic acids is 2. The van der Waals surface area contributed by atoms with Gasteiger partial charge in [0.25, 0.3) is 5.91 Å². The van der Waals surface area contributed by atoms with Crippen molar-refractivity contribution in [2.75, 3.05) is 19.6 Å². The number of fused-ring (bicyclic) bond motifs is 1. The molecule has 2 aromatic rings. The van der Waals surface area contributed by atoms with E-state index in [1.54, 1.807) is 0 Å². The lowest BCUT2D eigenvalue weighted by molar-refractivity contribution is -0.123. The van der Waals surface area contributed by atoms with Crippen LogP contribution in [0.3, 0.4) is 0 Å². The first-order valence-corrected chi connectivity index (χ1v) is 6.58. The van der Waals surface area contributed by atoms with E-state index in [-0.39, 0.29) is 40.6 Å². The Kier molecular flexibility index (Phi) is 3.29. The quantitative estimate of drug-likeness (QED) is 0.841. The number of rotatable bonds is 1. The van der Waals surface area contributed by atoms with Crippen molar-refractivity contribution in [1.29, 1.82) is 0 Å². The van der Waals surface area contributed by atoms with E-state index in [0.29, 0.717) is 6.54 Å². The zero-order valence-electron chi connectivity index (χ0n) is 10.7. The number of H-pyrrole nitrogens is 1. The molecule has 110 valence electrons. The average Bonchev–Trinajstić information content (AvgIpc) is 2.80. The molecule has 1 aromatic carbocycles. The Morgan fingerprint density at radius 1 is 1.33 bits per heavy atom. The summed E-state index contributed by atoms with van der Waals surface area (Å²) in [7, 11) is 0. The maximum Gasteiger partial charge on any atom is 0.273 e. The highest BCUT2D eigenvalue weighted by molar-refractivity contribution is 6.35. The van der Waals surface area contributed by atoms with Crippen molar-refractivity contribution in [1.82, 2.24) is 15.2 Å². The van der Waals surface area contributed by atoms with Crippen LogP contribution < -0.4 is 5.32 Å². The van der Waals surface area contributed by atoms with Crippen LogP contribution in [0.15, 0.2) is 12.1 Å². The molecule has 1 fully saturated rings. The predicted molar refractivity (Wildman–Crippen MR) is 72.1 cm³/mol. The summed E-state index contributed by atoms with van der Waals surface area (Å²) in [6, 6.07) is 2.39. The number of hydrogen-bond acceptors (Lipinski definition) is 2. The van der Waals surface area contributed by atoms with Gasteiger partial charge in [-0.2, -0.15) is 0 Å². The lowest BCUT2D eigenvalue weighted by atomic mass is 10.2. The molecular weight excluding hydrogens is 304 g/mol. The van der Waals surface area contributed by atoms with E-state index < -0.39 is 17.5 Å². The Morgan fingerprint density at radius 3 is 2.81 bits per heavy atom. The summed E-state index contributed by atoms with van der Waals surface area (Å²) in [4.78, 5) is 27.4. The molecule has 21 heavy (non-hydrogen) atoms. The molecule has 0 spiro atoms. The van der Waals surface area contributed by atoms with Crippen LogP contribution >= 0.6 is 11.6 Å². The molecule has 0 bridgehead atoms. The number of nitrogens with one attached hydrogen (secondary N) is 2. The third kappa shape index (κ3) is 2.23. The second-order valence-electron chi connectivity index (χ2n) is 4.67. The fourth-order valence-electron chi connectivity index (χ4n) is 2.30. The van der Waals surface area contributed by atoms with Crippen molar-refractivity contribution >= 4 is 34.3 Å². The molecule has 1 aliphatic rings. The van der Waals surface area contributed by atoms with E-state index in [1.807, 2.05) is 0 Å². The van der Waals surface area contributed by atoms with Gasteiger partial charge in [0.1, 0.15) is 11.5 Å². The van der Waals surface area contributed by atoms with Gasteiger partial charge in [0.2, 0.25) is 5.91 Å². The maximum atomic E-state index is 14.3. The van der Waals surface area contributed by atoms with Crippen LogP contribution in [-0.2, 0) is 4.79 Å². The second-order valence-corrected chi connectivity index (χ2v) is 5.05. The Morgan fingerprint density at radius 2 is 2.10 bits per heavy atom. The topological polar surface area (TPSA) is 65.2 Å².